The van der Waals surface area contributed by atoms with E-state index in [0.29, 0.717) is 11.5 Å². The van der Waals surface area contributed by atoms with E-state index >= 15 is 0 Å². The van der Waals surface area contributed by atoms with Crippen LogP contribution in [0.25, 0.3) is 0 Å². The van der Waals surface area contributed by atoms with Gasteiger partial charge in [0.2, 0.25) is 5.91 Å². The lowest BCUT2D eigenvalue weighted by atomic mass is 9.77. The highest BCUT2D eigenvalue weighted by Gasteiger charge is 2.47. The van der Waals surface area contributed by atoms with Crippen LogP contribution in [-0.4, -0.2) is 36.9 Å². The maximum atomic E-state index is 14.5. The zero-order valence-corrected chi connectivity index (χ0v) is 22.9. The van der Waals surface area contributed by atoms with Crippen molar-refractivity contribution in [3.8, 4) is 5.75 Å². The minimum absolute atomic E-state index is 0.0103. The molecule has 1 fully saturated rings. The first-order valence-electron chi connectivity index (χ1n) is 13.8. The van der Waals surface area contributed by atoms with E-state index in [4.69, 9.17) is 4.74 Å². The lowest BCUT2D eigenvalue weighted by molar-refractivity contribution is -0.121. The van der Waals surface area contributed by atoms with Crippen molar-refractivity contribution in [1.29, 1.82) is 0 Å². The van der Waals surface area contributed by atoms with Gasteiger partial charge in [0.25, 0.3) is 5.91 Å². The van der Waals surface area contributed by atoms with Gasteiger partial charge in [0.15, 0.2) is 0 Å². The van der Waals surface area contributed by atoms with Crippen LogP contribution in [0, 0.1) is 0 Å². The average molecular weight is 511 g/mol. The number of nitrogens with zero attached hydrogens (tertiary/aromatic N) is 2. The molecular formula is C33H38N2O3. The Hall–Kier alpha value is -3.60. The summed E-state index contributed by atoms with van der Waals surface area (Å²) in [6.45, 7) is 4.33. The Kier molecular flexibility index (Phi) is 7.55. The quantitative estimate of drug-likeness (QED) is 0.356. The summed E-state index contributed by atoms with van der Waals surface area (Å²) in [6.07, 6.45) is 5.33. The molecule has 5 heteroatoms. The number of rotatable bonds is 6. The number of hydrogen-bond donors (Lipinski definition) is 0. The lowest BCUT2D eigenvalue weighted by Crippen LogP contribution is -2.52. The van der Waals surface area contributed by atoms with Crippen LogP contribution in [-0.2, 0) is 4.79 Å². The fourth-order valence-electron chi connectivity index (χ4n) is 6.15. The lowest BCUT2D eigenvalue weighted by Gasteiger charge is -2.47. The first-order chi connectivity index (χ1) is 18.4. The topological polar surface area (TPSA) is 49.9 Å². The van der Waals surface area contributed by atoms with E-state index in [2.05, 4.69) is 26.0 Å². The molecule has 5 rings (SSSR count). The van der Waals surface area contributed by atoms with Gasteiger partial charge in [0.1, 0.15) is 5.75 Å². The molecule has 198 valence electrons. The van der Waals surface area contributed by atoms with E-state index in [1.165, 1.54) is 12.0 Å². The molecule has 2 aliphatic rings. The van der Waals surface area contributed by atoms with Crippen LogP contribution < -0.4 is 9.64 Å². The fourth-order valence-corrected chi connectivity index (χ4v) is 6.15. The molecule has 2 amide bonds. The number of methoxy groups -OCH3 is 1. The summed E-state index contributed by atoms with van der Waals surface area (Å²) in [5.41, 5.74) is 4.50. The van der Waals surface area contributed by atoms with Gasteiger partial charge in [0, 0.05) is 24.3 Å². The SMILES string of the molecule is COc1ccc(C2C(C(=O)N(C)c3ccc(C(C)C)cc3)c3ccccc3C(=O)N2C2CCCCC2)cc1. The second-order valence-electron chi connectivity index (χ2n) is 10.9. The summed E-state index contributed by atoms with van der Waals surface area (Å²) in [5, 5.41) is 0. The molecule has 1 saturated carbocycles. The number of carbonyl (C=O) groups is 2. The van der Waals surface area contributed by atoms with Crippen LogP contribution in [0.2, 0.25) is 0 Å². The number of benzene rings is 3. The summed E-state index contributed by atoms with van der Waals surface area (Å²) >= 11 is 0. The first kappa shape index (κ1) is 26.0. The third-order valence-corrected chi connectivity index (χ3v) is 8.35. The Labute approximate surface area is 226 Å². The molecule has 0 spiro atoms. The number of carbonyl (C=O) groups excluding carboxylic acids is 2. The van der Waals surface area contributed by atoms with Crippen molar-refractivity contribution in [2.24, 2.45) is 0 Å². The molecule has 0 bridgehead atoms. The highest BCUT2D eigenvalue weighted by Crippen LogP contribution is 2.47. The molecule has 38 heavy (non-hydrogen) atoms. The van der Waals surface area contributed by atoms with E-state index in [0.717, 1.165) is 48.2 Å². The number of likely N-dealkylation sites (N-methyl/N-ethyl adjacent to an activating group) is 1. The third-order valence-electron chi connectivity index (χ3n) is 8.35. The van der Waals surface area contributed by atoms with E-state index in [1.54, 1.807) is 12.0 Å². The number of hydrogen-bond acceptors (Lipinski definition) is 3. The Morgan fingerprint density at radius 3 is 2.21 bits per heavy atom. The van der Waals surface area contributed by atoms with Gasteiger partial charge in [-0.2, -0.15) is 0 Å². The van der Waals surface area contributed by atoms with E-state index in [9.17, 15) is 9.59 Å². The number of anilines is 1. The monoisotopic (exact) mass is 510 g/mol. The number of amides is 2. The molecule has 3 aromatic rings. The van der Waals surface area contributed by atoms with Gasteiger partial charge in [-0.1, -0.05) is 75.6 Å². The van der Waals surface area contributed by atoms with Gasteiger partial charge in [0.05, 0.1) is 19.1 Å². The zero-order valence-electron chi connectivity index (χ0n) is 22.9. The van der Waals surface area contributed by atoms with Gasteiger partial charge in [-0.3, -0.25) is 9.59 Å². The Balaban J connectivity index is 1.63. The minimum Gasteiger partial charge on any atom is -0.497 e. The molecule has 0 N–H and O–H groups in total. The van der Waals surface area contributed by atoms with Crippen molar-refractivity contribution in [2.45, 2.75) is 69.9 Å². The van der Waals surface area contributed by atoms with Crippen LogP contribution in [0.3, 0.4) is 0 Å². The molecule has 2 unspecified atom stereocenters. The molecule has 3 aromatic carbocycles. The summed E-state index contributed by atoms with van der Waals surface area (Å²) in [4.78, 5) is 32.4. The second-order valence-corrected chi connectivity index (χ2v) is 10.9. The van der Waals surface area contributed by atoms with Crippen molar-refractivity contribution in [1.82, 2.24) is 4.90 Å². The Morgan fingerprint density at radius 1 is 0.921 bits per heavy atom. The van der Waals surface area contributed by atoms with Gasteiger partial charge in [-0.15, -0.1) is 0 Å². The predicted molar refractivity (Wildman–Crippen MR) is 152 cm³/mol. The molecule has 0 radical (unpaired) electrons. The maximum absolute atomic E-state index is 14.5. The highest BCUT2D eigenvalue weighted by molar-refractivity contribution is 6.05. The molecule has 1 heterocycles. The fraction of sp³-hybridized carbons (Fsp3) is 0.394. The summed E-state index contributed by atoms with van der Waals surface area (Å²) in [6, 6.07) is 23.5. The van der Waals surface area contributed by atoms with Gasteiger partial charge < -0.3 is 14.5 Å². The molecule has 0 aromatic heterocycles. The van der Waals surface area contributed by atoms with Gasteiger partial charge in [-0.05, 0) is 65.8 Å². The van der Waals surface area contributed by atoms with Crippen molar-refractivity contribution in [3.05, 3.63) is 95.1 Å². The minimum atomic E-state index is -0.519. The van der Waals surface area contributed by atoms with Crippen LogP contribution >= 0.6 is 0 Å². The normalized spacial score (nSPS) is 19.8. The highest BCUT2D eigenvalue weighted by atomic mass is 16.5. The molecular weight excluding hydrogens is 472 g/mol. The van der Waals surface area contributed by atoms with Crippen LogP contribution in [0.5, 0.6) is 5.75 Å². The van der Waals surface area contributed by atoms with Gasteiger partial charge >= 0.3 is 0 Å². The first-order valence-corrected chi connectivity index (χ1v) is 13.8. The maximum Gasteiger partial charge on any atom is 0.254 e. The largest absolute Gasteiger partial charge is 0.497 e. The van der Waals surface area contributed by atoms with Crippen molar-refractivity contribution in [3.63, 3.8) is 0 Å². The zero-order chi connectivity index (χ0) is 26.8. The Bertz CT molecular complexity index is 1280. The van der Waals surface area contributed by atoms with E-state index < -0.39 is 12.0 Å². The average Bonchev–Trinajstić information content (AvgIpc) is 2.97. The van der Waals surface area contributed by atoms with Gasteiger partial charge in [-0.25, -0.2) is 0 Å². The molecule has 2 atom stereocenters. The van der Waals surface area contributed by atoms with E-state index in [1.807, 2.05) is 72.6 Å². The summed E-state index contributed by atoms with van der Waals surface area (Å²) < 4.78 is 5.42. The standard InChI is InChI=1S/C33H38N2O3/c1-22(2)23-14-18-25(19-15-23)34(3)33(37)30-28-12-8-9-13-29(28)32(36)35(26-10-6-5-7-11-26)31(30)24-16-20-27(38-4)21-17-24/h8-9,12-22,26,30-31H,5-7,10-11H2,1-4H3. The molecule has 0 saturated heterocycles. The van der Waals surface area contributed by atoms with E-state index in [-0.39, 0.29) is 17.9 Å². The number of fused-ring (bicyclic) bond motifs is 1. The van der Waals surface area contributed by atoms with Crippen LogP contribution in [0.4, 0.5) is 5.69 Å². The molecule has 1 aliphatic carbocycles. The Morgan fingerprint density at radius 2 is 1.58 bits per heavy atom. The number of ether oxygens (including phenoxy) is 1. The molecule has 1 aliphatic heterocycles. The van der Waals surface area contributed by atoms with Crippen LogP contribution in [0.15, 0.2) is 72.8 Å². The predicted octanol–water partition coefficient (Wildman–Crippen LogP) is 7.10. The smallest absolute Gasteiger partial charge is 0.254 e. The summed E-state index contributed by atoms with van der Waals surface area (Å²) in [7, 11) is 3.50. The molecule has 5 nitrogen and oxygen atoms in total. The van der Waals surface area contributed by atoms with Crippen molar-refractivity contribution in [2.75, 3.05) is 19.1 Å². The summed E-state index contributed by atoms with van der Waals surface area (Å²) in [5.74, 6) is 0.676. The third kappa shape index (κ3) is 4.82. The second kappa shape index (κ2) is 11.0. The van der Waals surface area contributed by atoms with Crippen LogP contribution in [0.1, 0.15) is 90.9 Å². The van der Waals surface area contributed by atoms with Crippen molar-refractivity contribution < 1.29 is 14.3 Å². The van der Waals surface area contributed by atoms with Crippen molar-refractivity contribution >= 4 is 17.5 Å².